The van der Waals surface area contributed by atoms with E-state index in [1.165, 1.54) is 12.5 Å². The molecule has 0 radical (unpaired) electrons. The lowest BCUT2D eigenvalue weighted by Crippen LogP contribution is -2.31. The molecule has 2 nitrogen and oxygen atoms in total. The van der Waals surface area contributed by atoms with Crippen molar-refractivity contribution >= 4 is 0 Å². The van der Waals surface area contributed by atoms with Crippen molar-refractivity contribution in [2.45, 2.75) is 31.3 Å². The summed E-state index contributed by atoms with van der Waals surface area (Å²) in [4.78, 5) is 0. The molecule has 1 aliphatic rings. The van der Waals surface area contributed by atoms with Crippen LogP contribution in [-0.2, 0) is 4.74 Å². The van der Waals surface area contributed by atoms with E-state index < -0.39 is 0 Å². The number of hydrogen-bond acceptors (Lipinski definition) is 2. The van der Waals surface area contributed by atoms with Gasteiger partial charge in [0.15, 0.2) is 0 Å². The van der Waals surface area contributed by atoms with Crippen molar-refractivity contribution in [2.75, 3.05) is 13.2 Å². The largest absolute Gasteiger partial charge is 0.378 e. The lowest BCUT2D eigenvalue weighted by atomic mass is 9.89. The summed E-state index contributed by atoms with van der Waals surface area (Å²) in [7, 11) is 0. The lowest BCUT2D eigenvalue weighted by Gasteiger charge is -2.30. The van der Waals surface area contributed by atoms with Gasteiger partial charge >= 0.3 is 0 Å². The summed E-state index contributed by atoms with van der Waals surface area (Å²) in [6, 6.07) is 6.68. The van der Waals surface area contributed by atoms with Crippen LogP contribution in [0.5, 0.6) is 0 Å². The van der Waals surface area contributed by atoms with Crippen LogP contribution in [0.2, 0.25) is 0 Å². The van der Waals surface area contributed by atoms with Gasteiger partial charge in [-0.3, -0.25) is 0 Å². The number of ether oxygens (including phenoxy) is 1. The molecular formula is C13H18FNO. The monoisotopic (exact) mass is 223 g/mol. The van der Waals surface area contributed by atoms with Crippen LogP contribution in [-0.4, -0.2) is 19.3 Å². The molecule has 88 valence electrons. The van der Waals surface area contributed by atoms with Crippen LogP contribution >= 0.6 is 0 Å². The maximum Gasteiger partial charge on any atom is 0.123 e. The molecule has 0 aromatic heterocycles. The molecule has 2 unspecified atom stereocenters. The molecule has 2 N–H and O–H groups in total. The summed E-state index contributed by atoms with van der Waals surface area (Å²) in [6.45, 7) is 1.31. The first-order chi connectivity index (χ1) is 7.81. The Labute approximate surface area is 95.6 Å². The van der Waals surface area contributed by atoms with Crippen LogP contribution in [0.25, 0.3) is 0 Å². The zero-order valence-corrected chi connectivity index (χ0v) is 9.36. The highest BCUT2D eigenvalue weighted by atomic mass is 19.1. The summed E-state index contributed by atoms with van der Waals surface area (Å²) in [5.74, 6) is -0.0808. The van der Waals surface area contributed by atoms with Crippen molar-refractivity contribution < 1.29 is 9.13 Å². The van der Waals surface area contributed by atoms with E-state index in [-0.39, 0.29) is 17.8 Å². The van der Waals surface area contributed by atoms with Gasteiger partial charge in [-0.15, -0.1) is 0 Å². The molecule has 1 aliphatic heterocycles. The van der Waals surface area contributed by atoms with E-state index in [0.717, 1.165) is 25.0 Å². The topological polar surface area (TPSA) is 35.2 Å². The molecule has 16 heavy (non-hydrogen) atoms. The normalized spacial score (nSPS) is 23.0. The number of benzene rings is 1. The zero-order valence-electron chi connectivity index (χ0n) is 9.36. The minimum absolute atomic E-state index is 0.121. The Bertz CT molecular complexity index is 336. The quantitative estimate of drug-likeness (QED) is 0.854. The molecule has 1 saturated heterocycles. The van der Waals surface area contributed by atoms with Crippen molar-refractivity contribution in [3.05, 3.63) is 35.6 Å². The van der Waals surface area contributed by atoms with Gasteiger partial charge in [0.2, 0.25) is 0 Å². The van der Waals surface area contributed by atoms with Crippen molar-refractivity contribution in [3.63, 3.8) is 0 Å². The minimum atomic E-state index is -0.202. The van der Waals surface area contributed by atoms with Gasteiger partial charge in [0.05, 0.1) is 6.10 Å². The van der Waals surface area contributed by atoms with Crippen molar-refractivity contribution in [1.82, 2.24) is 0 Å². The first kappa shape index (κ1) is 11.6. The van der Waals surface area contributed by atoms with Crippen LogP contribution in [0.15, 0.2) is 24.3 Å². The fraction of sp³-hybridized carbons (Fsp3) is 0.538. The Hall–Kier alpha value is -0.930. The second-order valence-electron chi connectivity index (χ2n) is 4.30. The van der Waals surface area contributed by atoms with Crippen molar-refractivity contribution in [2.24, 2.45) is 5.73 Å². The summed E-state index contributed by atoms with van der Waals surface area (Å²) < 4.78 is 18.9. The van der Waals surface area contributed by atoms with Gasteiger partial charge in [-0.1, -0.05) is 12.1 Å². The number of nitrogens with two attached hydrogens (primary N) is 1. The maximum absolute atomic E-state index is 13.1. The number of halogens is 1. The Morgan fingerprint density at radius 2 is 2.31 bits per heavy atom. The Morgan fingerprint density at radius 1 is 1.44 bits per heavy atom. The maximum atomic E-state index is 13.1. The van der Waals surface area contributed by atoms with Gasteiger partial charge in [0.1, 0.15) is 5.82 Å². The smallest absolute Gasteiger partial charge is 0.123 e. The van der Waals surface area contributed by atoms with Crippen LogP contribution in [0.3, 0.4) is 0 Å². The molecule has 2 rings (SSSR count). The molecule has 1 aromatic rings. The minimum Gasteiger partial charge on any atom is -0.378 e. The van der Waals surface area contributed by atoms with Gasteiger partial charge in [-0.25, -0.2) is 4.39 Å². The molecular weight excluding hydrogens is 205 g/mol. The number of hydrogen-bond donors (Lipinski definition) is 1. The standard InChI is InChI=1S/C13H18FNO/c14-11-5-3-4-10(8-11)12(9-15)13-6-1-2-7-16-13/h3-5,8,12-13H,1-2,6-7,9,15H2. The third kappa shape index (κ3) is 2.60. The third-order valence-electron chi connectivity index (χ3n) is 3.19. The van der Waals surface area contributed by atoms with Crippen LogP contribution in [0.1, 0.15) is 30.7 Å². The summed E-state index contributed by atoms with van der Waals surface area (Å²) in [5, 5.41) is 0. The van der Waals surface area contributed by atoms with Crippen LogP contribution in [0, 0.1) is 5.82 Å². The van der Waals surface area contributed by atoms with E-state index in [2.05, 4.69) is 0 Å². The van der Waals surface area contributed by atoms with Crippen LogP contribution < -0.4 is 5.73 Å². The molecule has 0 saturated carbocycles. The van der Waals surface area contributed by atoms with Crippen LogP contribution in [0.4, 0.5) is 4.39 Å². The Balaban J connectivity index is 2.14. The molecule has 2 atom stereocenters. The predicted octanol–water partition coefficient (Wildman–Crippen LogP) is 2.44. The summed E-state index contributed by atoms with van der Waals surface area (Å²) >= 11 is 0. The highest BCUT2D eigenvalue weighted by Gasteiger charge is 2.24. The zero-order chi connectivity index (χ0) is 11.4. The van der Waals surface area contributed by atoms with Gasteiger partial charge in [0, 0.05) is 19.1 Å². The molecule has 0 spiro atoms. The van der Waals surface area contributed by atoms with Gasteiger partial charge in [-0.05, 0) is 37.0 Å². The molecule has 0 amide bonds. The first-order valence-corrected chi connectivity index (χ1v) is 5.88. The second kappa shape index (κ2) is 5.41. The summed E-state index contributed by atoms with van der Waals surface area (Å²) in [6.07, 6.45) is 3.48. The SMILES string of the molecule is NCC(c1cccc(F)c1)C1CCCCO1. The van der Waals surface area contributed by atoms with E-state index in [4.69, 9.17) is 10.5 Å². The average molecular weight is 223 g/mol. The van der Waals surface area contributed by atoms with E-state index in [1.807, 2.05) is 6.07 Å². The molecule has 3 heteroatoms. The highest BCUT2D eigenvalue weighted by molar-refractivity contribution is 5.22. The third-order valence-corrected chi connectivity index (χ3v) is 3.19. The molecule has 1 aromatic carbocycles. The lowest BCUT2D eigenvalue weighted by molar-refractivity contribution is 0.000540. The van der Waals surface area contributed by atoms with Crippen molar-refractivity contribution in [3.8, 4) is 0 Å². The van der Waals surface area contributed by atoms with E-state index in [0.29, 0.717) is 6.54 Å². The van der Waals surface area contributed by atoms with E-state index in [1.54, 1.807) is 12.1 Å². The molecule has 1 fully saturated rings. The molecule has 0 aliphatic carbocycles. The average Bonchev–Trinajstić information content (AvgIpc) is 2.31. The molecule has 1 heterocycles. The van der Waals surface area contributed by atoms with Gasteiger partial charge < -0.3 is 10.5 Å². The predicted molar refractivity (Wildman–Crippen MR) is 61.8 cm³/mol. The highest BCUT2D eigenvalue weighted by Crippen LogP contribution is 2.27. The number of rotatable bonds is 3. The fourth-order valence-corrected chi connectivity index (χ4v) is 2.32. The van der Waals surface area contributed by atoms with Gasteiger partial charge in [0.25, 0.3) is 0 Å². The van der Waals surface area contributed by atoms with Crippen molar-refractivity contribution in [1.29, 1.82) is 0 Å². The summed E-state index contributed by atoms with van der Waals surface area (Å²) in [5.41, 5.74) is 6.74. The van der Waals surface area contributed by atoms with Gasteiger partial charge in [-0.2, -0.15) is 0 Å². The molecule has 0 bridgehead atoms. The second-order valence-corrected chi connectivity index (χ2v) is 4.30. The van der Waals surface area contributed by atoms with E-state index >= 15 is 0 Å². The Kier molecular flexibility index (Phi) is 3.91. The van der Waals surface area contributed by atoms with E-state index in [9.17, 15) is 4.39 Å². The fourth-order valence-electron chi connectivity index (χ4n) is 2.32. The first-order valence-electron chi connectivity index (χ1n) is 5.88. The Morgan fingerprint density at radius 3 is 2.94 bits per heavy atom.